The van der Waals surface area contributed by atoms with E-state index in [0.717, 1.165) is 29.0 Å². The molecule has 1 unspecified atom stereocenters. The number of aromatic nitrogens is 9. The molecule has 0 bridgehead atoms. The van der Waals surface area contributed by atoms with Crippen LogP contribution in [0.25, 0.3) is 22.3 Å². The van der Waals surface area contributed by atoms with Gasteiger partial charge in [0.2, 0.25) is 12.2 Å². The van der Waals surface area contributed by atoms with Gasteiger partial charge in [0, 0.05) is 5.75 Å². The number of aliphatic hydroxyl groups excluding tert-OH is 2. The predicted molar refractivity (Wildman–Crippen MR) is 145 cm³/mol. The summed E-state index contributed by atoms with van der Waals surface area (Å²) in [6.45, 7) is -6.15. The molecular weight excluding hydrogens is 646 g/mol. The van der Waals surface area contributed by atoms with Gasteiger partial charge in [-0.05, 0) is 11.8 Å². The van der Waals surface area contributed by atoms with E-state index in [1.807, 2.05) is 0 Å². The number of ether oxygens (including phenoxy) is 1. The second-order valence-electron chi connectivity index (χ2n) is 9.48. The van der Waals surface area contributed by atoms with Gasteiger partial charge in [0.05, 0.1) is 24.8 Å². The minimum Gasteiger partial charge on any atom is -0.395 e. The molecule has 0 aromatic carbocycles. The van der Waals surface area contributed by atoms with E-state index >= 15 is 13.2 Å². The third kappa shape index (κ3) is 4.84. The first-order valence-corrected chi connectivity index (χ1v) is 15.7. The van der Waals surface area contributed by atoms with E-state index in [0.29, 0.717) is 4.68 Å². The van der Waals surface area contributed by atoms with Crippen molar-refractivity contribution >= 4 is 64.4 Å². The van der Waals surface area contributed by atoms with Crippen LogP contribution >= 0.6 is 18.5 Å². The van der Waals surface area contributed by atoms with Crippen LogP contribution in [0.2, 0.25) is 0 Å². The molecule has 4 aromatic heterocycles. The van der Waals surface area contributed by atoms with Crippen LogP contribution < -0.4 is 17.0 Å². The van der Waals surface area contributed by atoms with Crippen molar-refractivity contribution in [1.82, 2.24) is 44.5 Å². The number of H-pyrrole nitrogens is 1. The van der Waals surface area contributed by atoms with Crippen LogP contribution in [0.3, 0.4) is 0 Å². The summed E-state index contributed by atoms with van der Waals surface area (Å²) in [5.74, 6) is -4.71. The first-order valence-electron chi connectivity index (χ1n) is 12.1. The van der Waals surface area contributed by atoms with Crippen LogP contribution in [-0.4, -0.2) is 108 Å². The highest BCUT2D eigenvalue weighted by atomic mass is 32.5. The van der Waals surface area contributed by atoms with Gasteiger partial charge in [0.15, 0.2) is 46.1 Å². The number of rotatable bonds is 8. The van der Waals surface area contributed by atoms with Gasteiger partial charge in [-0.2, -0.15) is 18.4 Å². The Morgan fingerprint density at radius 3 is 2.77 bits per heavy atom. The Hall–Kier alpha value is -3.02. The van der Waals surface area contributed by atoms with E-state index < -0.39 is 67.0 Å². The summed E-state index contributed by atoms with van der Waals surface area (Å²) in [7, 11) is 0. The fourth-order valence-corrected chi connectivity index (χ4v) is 7.76. The standard InChI is InChI=1S/C19H21F3N11O7PS2/c20-10-7(1-34)43-3-18(10,32-5-27-9-14(32)28-17(24)29-15(9)36)40-41(37,42)38-2-6-11(35)19(21,22)16(39-6)33-13-8(30-31-33)12(23)25-4-26-13/h4-7,10-11,16,34-35H,1-3H2,(H,37,42)(H2,23,25,26)(H3,24,28,29,36)/t6-,7-,10+,11-,16-,18+,41?/m1/s1. The zero-order chi connectivity index (χ0) is 30.9. The summed E-state index contributed by atoms with van der Waals surface area (Å²) >= 11 is 6.02. The van der Waals surface area contributed by atoms with E-state index in [-0.39, 0.29) is 39.8 Å². The van der Waals surface area contributed by atoms with E-state index in [1.165, 1.54) is 0 Å². The number of aromatic amines is 1. The molecule has 0 aliphatic carbocycles. The maximum Gasteiger partial charge on any atom is 0.326 e. The first kappa shape index (κ1) is 30.0. The maximum atomic E-state index is 15.9. The number of thioether (sulfide) groups is 1. The summed E-state index contributed by atoms with van der Waals surface area (Å²) in [6, 6.07) is 0. The fraction of sp³-hybridized carbons (Fsp3) is 0.526. The molecule has 7 atom stereocenters. The van der Waals surface area contributed by atoms with Crippen molar-refractivity contribution in [2.24, 2.45) is 0 Å². The maximum absolute atomic E-state index is 15.9. The van der Waals surface area contributed by atoms with E-state index in [9.17, 15) is 19.9 Å². The first-order chi connectivity index (χ1) is 20.3. The molecule has 2 aliphatic rings. The molecule has 18 nitrogen and oxygen atoms in total. The molecule has 2 saturated heterocycles. The Bertz CT molecular complexity index is 1810. The SMILES string of the molecule is Nc1nc2c(ncn2[C@]2(OP(O)(=S)OC[C@H]3O[C@@H](n4nnc5c(N)ncnc54)C(F)(F)[C@@H]3O)CS[C@H](CO)[C@@H]2F)c(=O)[nH]1. The lowest BCUT2D eigenvalue weighted by Gasteiger charge is -2.35. The Balaban J connectivity index is 1.27. The number of nitrogens with one attached hydrogen (secondary N) is 1. The molecule has 4 aromatic rings. The zero-order valence-corrected chi connectivity index (χ0v) is 23.8. The summed E-state index contributed by atoms with van der Waals surface area (Å²) in [5, 5.41) is 26.3. The second kappa shape index (κ2) is 10.6. The van der Waals surface area contributed by atoms with Crippen molar-refractivity contribution < 1.29 is 42.1 Å². The zero-order valence-electron chi connectivity index (χ0n) is 21.3. The normalized spacial score (nSPS) is 30.3. The van der Waals surface area contributed by atoms with Gasteiger partial charge in [0.1, 0.15) is 12.4 Å². The van der Waals surface area contributed by atoms with Gasteiger partial charge in [0.25, 0.3) is 5.56 Å². The van der Waals surface area contributed by atoms with Crippen molar-refractivity contribution in [3.8, 4) is 0 Å². The minimum atomic E-state index is -4.57. The summed E-state index contributed by atoms with van der Waals surface area (Å²) in [6.07, 6.45) is -6.57. The Labute approximate surface area is 245 Å². The largest absolute Gasteiger partial charge is 0.395 e. The fourth-order valence-electron chi connectivity index (χ4n) is 4.76. The number of aliphatic hydroxyl groups is 2. The highest BCUT2D eigenvalue weighted by Crippen LogP contribution is 2.56. The lowest BCUT2D eigenvalue weighted by Crippen LogP contribution is -2.46. The van der Waals surface area contributed by atoms with Crippen LogP contribution in [0, 0.1) is 0 Å². The van der Waals surface area contributed by atoms with Crippen molar-refractivity contribution in [2.75, 3.05) is 30.4 Å². The second-order valence-corrected chi connectivity index (χ2v) is 13.5. The van der Waals surface area contributed by atoms with Crippen molar-refractivity contribution in [1.29, 1.82) is 0 Å². The lowest BCUT2D eigenvalue weighted by molar-refractivity contribution is -0.142. The monoisotopic (exact) mass is 667 g/mol. The van der Waals surface area contributed by atoms with Gasteiger partial charge >= 0.3 is 12.6 Å². The van der Waals surface area contributed by atoms with Gasteiger partial charge in [-0.25, -0.2) is 19.3 Å². The van der Waals surface area contributed by atoms with Crippen molar-refractivity contribution in [2.45, 2.75) is 41.5 Å². The average Bonchev–Trinajstić information content (AvgIpc) is 3.69. The number of nitrogens with zero attached hydrogens (tertiary/aromatic N) is 8. The van der Waals surface area contributed by atoms with Crippen LogP contribution in [0.4, 0.5) is 24.9 Å². The molecule has 0 amide bonds. The van der Waals surface area contributed by atoms with Gasteiger partial charge in [-0.1, -0.05) is 5.21 Å². The quantitative estimate of drug-likeness (QED) is 0.120. The lowest BCUT2D eigenvalue weighted by atomic mass is 10.1. The van der Waals surface area contributed by atoms with Crippen LogP contribution in [-0.2, 0) is 31.3 Å². The molecule has 0 saturated carbocycles. The molecule has 2 aliphatic heterocycles. The Morgan fingerprint density at radius 2 is 2.05 bits per heavy atom. The highest BCUT2D eigenvalue weighted by Gasteiger charge is 2.61. The van der Waals surface area contributed by atoms with E-state index in [4.69, 9.17) is 37.1 Å². The molecule has 24 heteroatoms. The van der Waals surface area contributed by atoms with Crippen LogP contribution in [0.15, 0.2) is 17.4 Å². The Morgan fingerprint density at radius 1 is 1.28 bits per heavy atom. The number of alkyl halides is 3. The number of hydrogen-bond acceptors (Lipinski definition) is 16. The topological polar surface area (TPSA) is 260 Å². The van der Waals surface area contributed by atoms with Gasteiger partial charge in [-0.3, -0.25) is 18.9 Å². The summed E-state index contributed by atoms with van der Waals surface area (Å²) in [5.41, 5.74) is 7.62. The Kier molecular flexibility index (Phi) is 7.37. The molecule has 0 radical (unpaired) electrons. The molecular formula is C19H21F3N11O7PS2. The van der Waals surface area contributed by atoms with Crippen LogP contribution in [0.5, 0.6) is 0 Å². The number of hydrogen-bond donors (Lipinski definition) is 6. The number of fused-ring (bicyclic) bond motifs is 2. The predicted octanol–water partition coefficient (Wildman–Crippen LogP) is -1.24. The molecule has 232 valence electrons. The van der Waals surface area contributed by atoms with E-state index in [1.54, 1.807) is 0 Å². The van der Waals surface area contributed by atoms with Crippen molar-refractivity contribution in [3.05, 3.63) is 23.0 Å². The number of halogens is 3. The minimum absolute atomic E-state index is 0.0812. The highest BCUT2D eigenvalue weighted by molar-refractivity contribution is 8.07. The molecule has 2 fully saturated rings. The molecule has 6 heterocycles. The van der Waals surface area contributed by atoms with Gasteiger partial charge < -0.3 is 35.8 Å². The number of nitrogen functional groups attached to an aromatic ring is 2. The van der Waals surface area contributed by atoms with Crippen molar-refractivity contribution in [3.63, 3.8) is 0 Å². The van der Waals surface area contributed by atoms with E-state index in [2.05, 4.69) is 35.2 Å². The van der Waals surface area contributed by atoms with Gasteiger partial charge in [-0.15, -0.1) is 16.9 Å². The van der Waals surface area contributed by atoms with Crippen LogP contribution in [0.1, 0.15) is 6.23 Å². The smallest absolute Gasteiger partial charge is 0.326 e. The number of nitrogens with two attached hydrogens (primary N) is 2. The average molecular weight is 668 g/mol. The summed E-state index contributed by atoms with van der Waals surface area (Å²) < 4.78 is 64.1. The number of imidazole rings is 1. The third-order valence-corrected chi connectivity index (χ3v) is 9.80. The summed E-state index contributed by atoms with van der Waals surface area (Å²) in [4.78, 5) is 41.0. The number of anilines is 2. The molecule has 6 rings (SSSR count). The molecule has 8 N–H and O–H groups in total. The molecule has 43 heavy (non-hydrogen) atoms. The third-order valence-electron chi connectivity index (χ3n) is 6.84. The molecule has 0 spiro atoms.